The Morgan fingerprint density at radius 2 is 1.93 bits per heavy atom. The van der Waals surface area contributed by atoms with Crippen molar-refractivity contribution in [1.29, 1.82) is 0 Å². The number of aryl methyl sites for hydroxylation is 1. The lowest BCUT2D eigenvalue weighted by molar-refractivity contribution is 0.0619. The Bertz CT molecular complexity index is 983. The van der Waals surface area contributed by atoms with Crippen molar-refractivity contribution in [1.82, 2.24) is 10.0 Å². The van der Waals surface area contributed by atoms with Gasteiger partial charge in [0.15, 0.2) is 0 Å². The van der Waals surface area contributed by atoms with Crippen LogP contribution in [0.2, 0.25) is 0 Å². The van der Waals surface area contributed by atoms with Crippen LogP contribution in [-0.4, -0.2) is 27.0 Å². The van der Waals surface area contributed by atoms with Crippen molar-refractivity contribution in [3.05, 3.63) is 59.2 Å². The van der Waals surface area contributed by atoms with Gasteiger partial charge in [0.05, 0.1) is 10.9 Å². The highest BCUT2D eigenvalue weighted by atomic mass is 32.2. The smallest absolute Gasteiger partial charge is 0.251 e. The number of nitrogens with one attached hydrogen (secondary N) is 2. The molecule has 6 nitrogen and oxygen atoms in total. The van der Waals surface area contributed by atoms with Gasteiger partial charge < -0.3 is 10.1 Å². The second-order valence-corrected chi connectivity index (χ2v) is 9.26. The van der Waals surface area contributed by atoms with Crippen molar-refractivity contribution in [2.45, 2.75) is 43.7 Å². The first-order valence-electron chi connectivity index (χ1n) is 8.75. The average Bonchev–Trinajstić information content (AvgIpc) is 2.61. The van der Waals surface area contributed by atoms with E-state index >= 15 is 0 Å². The molecule has 1 aliphatic heterocycles. The molecule has 0 aliphatic carbocycles. The number of benzene rings is 2. The highest BCUT2D eigenvalue weighted by Crippen LogP contribution is 2.40. The van der Waals surface area contributed by atoms with Gasteiger partial charge in [0, 0.05) is 17.5 Å². The van der Waals surface area contributed by atoms with Gasteiger partial charge in [0.2, 0.25) is 10.0 Å². The molecule has 144 valence electrons. The van der Waals surface area contributed by atoms with Crippen LogP contribution in [0, 0.1) is 6.92 Å². The molecule has 1 heterocycles. The number of hydrogen-bond donors (Lipinski definition) is 2. The maximum absolute atomic E-state index is 12.8. The molecule has 1 aliphatic rings. The zero-order valence-electron chi connectivity index (χ0n) is 15.9. The molecule has 3 rings (SSSR count). The van der Waals surface area contributed by atoms with Crippen LogP contribution in [0.5, 0.6) is 5.75 Å². The molecule has 1 atom stereocenters. The summed E-state index contributed by atoms with van der Waals surface area (Å²) in [4.78, 5) is 12.9. The normalized spacial score (nSPS) is 18.3. The zero-order valence-corrected chi connectivity index (χ0v) is 16.7. The summed E-state index contributed by atoms with van der Waals surface area (Å²) in [7, 11) is -2.27. The lowest BCUT2D eigenvalue weighted by Crippen LogP contribution is -2.41. The van der Waals surface area contributed by atoms with Crippen LogP contribution in [0.4, 0.5) is 0 Å². The topological polar surface area (TPSA) is 84.5 Å². The lowest BCUT2D eigenvalue weighted by Gasteiger charge is -2.38. The molecule has 0 bridgehead atoms. The quantitative estimate of drug-likeness (QED) is 0.843. The second-order valence-electron chi connectivity index (χ2n) is 7.37. The summed E-state index contributed by atoms with van der Waals surface area (Å²) in [5.41, 5.74) is 1.89. The third-order valence-electron chi connectivity index (χ3n) is 4.60. The van der Waals surface area contributed by atoms with E-state index in [0.717, 1.165) is 16.9 Å². The van der Waals surface area contributed by atoms with E-state index in [1.54, 1.807) is 12.1 Å². The van der Waals surface area contributed by atoms with E-state index < -0.39 is 15.6 Å². The molecule has 27 heavy (non-hydrogen) atoms. The van der Waals surface area contributed by atoms with Gasteiger partial charge in [0.1, 0.15) is 11.4 Å². The van der Waals surface area contributed by atoms with E-state index in [4.69, 9.17) is 4.74 Å². The summed E-state index contributed by atoms with van der Waals surface area (Å²) >= 11 is 0. The number of carbonyl (C=O) groups excluding carboxylic acids is 1. The van der Waals surface area contributed by atoms with Crippen molar-refractivity contribution in [2.75, 3.05) is 7.05 Å². The Hall–Kier alpha value is -2.38. The summed E-state index contributed by atoms with van der Waals surface area (Å²) < 4.78 is 32.3. The summed E-state index contributed by atoms with van der Waals surface area (Å²) in [6.07, 6.45) is 0.615. The number of sulfonamides is 1. The fourth-order valence-corrected chi connectivity index (χ4v) is 4.04. The Kier molecular flexibility index (Phi) is 5.01. The van der Waals surface area contributed by atoms with Crippen LogP contribution in [0.25, 0.3) is 0 Å². The van der Waals surface area contributed by atoms with Crippen molar-refractivity contribution >= 4 is 15.9 Å². The molecule has 2 aromatic carbocycles. The van der Waals surface area contributed by atoms with E-state index in [2.05, 4.69) is 10.0 Å². The van der Waals surface area contributed by atoms with E-state index in [0.29, 0.717) is 12.0 Å². The minimum absolute atomic E-state index is 0.0567. The lowest BCUT2D eigenvalue weighted by atomic mass is 9.88. The molecule has 0 saturated heterocycles. The Balaban J connectivity index is 1.91. The van der Waals surface area contributed by atoms with Crippen molar-refractivity contribution in [3.8, 4) is 5.75 Å². The van der Waals surface area contributed by atoms with Gasteiger partial charge in [-0.25, -0.2) is 13.1 Å². The number of carbonyl (C=O) groups is 1. The molecule has 0 fully saturated rings. The van der Waals surface area contributed by atoms with Gasteiger partial charge in [0.25, 0.3) is 5.91 Å². The standard InChI is InChI=1S/C20H24N2O4S/c1-13-8-9-18-16(10-13)17(12-20(2,3)26-18)22-19(23)14-6-5-7-15(11-14)27(24,25)21-4/h5-11,17,21H,12H2,1-4H3,(H,22,23). The average molecular weight is 388 g/mol. The highest BCUT2D eigenvalue weighted by Gasteiger charge is 2.34. The fourth-order valence-electron chi connectivity index (χ4n) is 3.27. The molecule has 0 aromatic heterocycles. The molecule has 0 radical (unpaired) electrons. The highest BCUT2D eigenvalue weighted by molar-refractivity contribution is 7.89. The predicted octanol–water partition coefficient (Wildman–Crippen LogP) is 2.94. The van der Waals surface area contributed by atoms with Crippen LogP contribution in [-0.2, 0) is 10.0 Å². The molecule has 1 unspecified atom stereocenters. The molecular weight excluding hydrogens is 364 g/mol. The SMILES string of the molecule is CNS(=O)(=O)c1cccc(C(=O)NC2CC(C)(C)Oc3ccc(C)cc32)c1. The first kappa shape index (κ1) is 19.4. The first-order chi connectivity index (χ1) is 12.6. The Labute approximate surface area is 160 Å². The summed E-state index contributed by atoms with van der Waals surface area (Å²) in [5, 5.41) is 3.04. The Morgan fingerprint density at radius 1 is 1.19 bits per heavy atom. The third-order valence-corrected chi connectivity index (χ3v) is 6.02. The van der Waals surface area contributed by atoms with Crippen LogP contribution in [0.1, 0.15) is 47.8 Å². The second kappa shape index (κ2) is 6.98. The van der Waals surface area contributed by atoms with E-state index in [-0.39, 0.29) is 16.8 Å². The van der Waals surface area contributed by atoms with E-state index in [1.807, 2.05) is 39.0 Å². The zero-order chi connectivity index (χ0) is 19.8. The summed E-state index contributed by atoms with van der Waals surface area (Å²) in [6, 6.07) is 11.7. The number of fused-ring (bicyclic) bond motifs is 1. The number of hydrogen-bond acceptors (Lipinski definition) is 4. The van der Waals surface area contributed by atoms with Crippen LogP contribution >= 0.6 is 0 Å². The minimum Gasteiger partial charge on any atom is -0.487 e. The molecule has 1 amide bonds. The van der Waals surface area contributed by atoms with Gasteiger partial charge in [-0.2, -0.15) is 0 Å². The van der Waals surface area contributed by atoms with E-state index in [9.17, 15) is 13.2 Å². The summed E-state index contributed by atoms with van der Waals surface area (Å²) in [6.45, 7) is 5.95. The Morgan fingerprint density at radius 3 is 2.63 bits per heavy atom. The van der Waals surface area contributed by atoms with Crippen LogP contribution in [0.15, 0.2) is 47.4 Å². The van der Waals surface area contributed by atoms with Gasteiger partial charge in [-0.05, 0) is 52.1 Å². The van der Waals surface area contributed by atoms with Crippen molar-refractivity contribution in [2.24, 2.45) is 0 Å². The molecule has 0 spiro atoms. The molecule has 0 saturated carbocycles. The number of ether oxygens (including phenoxy) is 1. The molecule has 7 heteroatoms. The number of amides is 1. The van der Waals surface area contributed by atoms with Crippen LogP contribution in [0.3, 0.4) is 0 Å². The monoisotopic (exact) mass is 388 g/mol. The van der Waals surface area contributed by atoms with Gasteiger partial charge >= 0.3 is 0 Å². The maximum Gasteiger partial charge on any atom is 0.251 e. The predicted molar refractivity (Wildman–Crippen MR) is 103 cm³/mol. The largest absolute Gasteiger partial charge is 0.487 e. The van der Waals surface area contributed by atoms with Gasteiger partial charge in [-0.1, -0.05) is 23.8 Å². The minimum atomic E-state index is -3.61. The van der Waals surface area contributed by atoms with Gasteiger partial charge in [-0.3, -0.25) is 4.79 Å². The molecule has 2 aromatic rings. The fraction of sp³-hybridized carbons (Fsp3) is 0.350. The van der Waals surface area contributed by atoms with E-state index in [1.165, 1.54) is 19.2 Å². The van der Waals surface area contributed by atoms with Crippen LogP contribution < -0.4 is 14.8 Å². The first-order valence-corrected chi connectivity index (χ1v) is 10.2. The molecular formula is C20H24N2O4S. The van der Waals surface area contributed by atoms with Gasteiger partial charge in [-0.15, -0.1) is 0 Å². The van der Waals surface area contributed by atoms with Crippen molar-refractivity contribution < 1.29 is 17.9 Å². The molecule has 2 N–H and O–H groups in total. The van der Waals surface area contributed by atoms with Crippen molar-refractivity contribution in [3.63, 3.8) is 0 Å². The summed E-state index contributed by atoms with van der Waals surface area (Å²) in [5.74, 6) is 0.437. The third kappa shape index (κ3) is 4.14. The number of rotatable bonds is 4. The maximum atomic E-state index is 12.8.